The molecule has 1 heterocycles. The molecule has 1 unspecified atom stereocenters. The minimum Gasteiger partial charge on any atom is -0.396 e. The number of aliphatic hydroxyl groups excluding tert-OH is 1. The molecule has 0 aliphatic carbocycles. The highest BCUT2D eigenvalue weighted by Crippen LogP contribution is 2.13. The predicted molar refractivity (Wildman–Crippen MR) is 76.3 cm³/mol. The zero-order valence-corrected chi connectivity index (χ0v) is 11.9. The van der Waals surface area contributed by atoms with Gasteiger partial charge in [0.2, 0.25) is 0 Å². The molecule has 1 aromatic rings. The van der Waals surface area contributed by atoms with Crippen molar-refractivity contribution >= 4 is 11.6 Å². The van der Waals surface area contributed by atoms with Gasteiger partial charge in [0.25, 0.3) is 0 Å². The van der Waals surface area contributed by atoms with Crippen molar-refractivity contribution in [3.05, 3.63) is 11.9 Å². The van der Waals surface area contributed by atoms with Crippen LogP contribution in [0, 0.1) is 0 Å². The van der Waals surface area contributed by atoms with Gasteiger partial charge in [-0.25, -0.2) is 9.97 Å². The van der Waals surface area contributed by atoms with E-state index < -0.39 is 0 Å². The number of nitrogens with one attached hydrogen (secondary N) is 2. The highest BCUT2D eigenvalue weighted by Gasteiger charge is 2.07. The first kappa shape index (κ1) is 15.7. The lowest BCUT2D eigenvalue weighted by atomic mass is 10.2. The topological polar surface area (TPSA) is 79.3 Å². The van der Waals surface area contributed by atoms with E-state index in [1.165, 1.54) is 0 Å². The Labute approximate surface area is 114 Å². The summed E-state index contributed by atoms with van der Waals surface area (Å²) in [5.74, 6) is 2.20. The van der Waals surface area contributed by atoms with Gasteiger partial charge in [-0.2, -0.15) is 0 Å². The van der Waals surface area contributed by atoms with E-state index in [9.17, 15) is 0 Å². The van der Waals surface area contributed by atoms with Crippen LogP contribution in [0.2, 0.25) is 0 Å². The molecule has 0 spiro atoms. The van der Waals surface area contributed by atoms with E-state index >= 15 is 0 Å². The summed E-state index contributed by atoms with van der Waals surface area (Å²) < 4.78 is 5.33. The Balaban J connectivity index is 2.69. The molecule has 0 bridgehead atoms. The standard InChI is InChI=1S/C13H24N4O2/c1-4-19-9-13-16-11(14-3)8-12(17-13)15-10(2)6-5-7-18/h8,10,18H,4-7,9H2,1-3H3,(H2,14,15,16,17). The van der Waals surface area contributed by atoms with Gasteiger partial charge in [-0.05, 0) is 26.7 Å². The second kappa shape index (κ2) is 8.66. The second-order valence-electron chi connectivity index (χ2n) is 4.35. The average molecular weight is 268 g/mol. The monoisotopic (exact) mass is 268 g/mol. The molecule has 0 fully saturated rings. The number of rotatable bonds is 9. The van der Waals surface area contributed by atoms with Gasteiger partial charge in [0.1, 0.15) is 18.2 Å². The molecular formula is C13H24N4O2. The van der Waals surface area contributed by atoms with Crippen LogP contribution in [0.25, 0.3) is 0 Å². The Bertz CT molecular complexity index is 374. The molecule has 0 aliphatic heterocycles. The van der Waals surface area contributed by atoms with Crippen molar-refractivity contribution in [1.82, 2.24) is 9.97 Å². The van der Waals surface area contributed by atoms with E-state index in [-0.39, 0.29) is 12.6 Å². The molecule has 0 aromatic carbocycles. The average Bonchev–Trinajstić information content (AvgIpc) is 2.42. The van der Waals surface area contributed by atoms with Crippen molar-refractivity contribution in [3.8, 4) is 0 Å². The lowest BCUT2D eigenvalue weighted by Gasteiger charge is -2.15. The first-order chi connectivity index (χ1) is 9.19. The number of aliphatic hydroxyl groups is 1. The van der Waals surface area contributed by atoms with Crippen molar-refractivity contribution in [1.29, 1.82) is 0 Å². The third kappa shape index (κ3) is 5.85. The third-order valence-corrected chi connectivity index (χ3v) is 2.65. The zero-order valence-electron chi connectivity index (χ0n) is 11.9. The van der Waals surface area contributed by atoms with E-state index in [0.717, 1.165) is 24.5 Å². The molecule has 6 nitrogen and oxygen atoms in total. The van der Waals surface area contributed by atoms with Gasteiger partial charge in [0.15, 0.2) is 5.82 Å². The van der Waals surface area contributed by atoms with Crippen LogP contribution in [0.15, 0.2) is 6.07 Å². The number of hydrogen-bond acceptors (Lipinski definition) is 6. The van der Waals surface area contributed by atoms with Crippen LogP contribution in [0.3, 0.4) is 0 Å². The Morgan fingerprint density at radius 1 is 1.37 bits per heavy atom. The molecule has 3 N–H and O–H groups in total. The third-order valence-electron chi connectivity index (χ3n) is 2.65. The van der Waals surface area contributed by atoms with Gasteiger partial charge in [0.05, 0.1) is 0 Å². The van der Waals surface area contributed by atoms with Crippen LogP contribution in [0.1, 0.15) is 32.5 Å². The first-order valence-corrected chi connectivity index (χ1v) is 6.70. The van der Waals surface area contributed by atoms with E-state index in [4.69, 9.17) is 9.84 Å². The molecule has 0 saturated heterocycles. The van der Waals surface area contributed by atoms with Crippen molar-refractivity contribution in [2.75, 3.05) is 30.9 Å². The Hall–Kier alpha value is -1.40. The summed E-state index contributed by atoms with van der Waals surface area (Å²) in [7, 11) is 1.83. The highest BCUT2D eigenvalue weighted by molar-refractivity contribution is 5.47. The molecule has 19 heavy (non-hydrogen) atoms. The summed E-state index contributed by atoms with van der Waals surface area (Å²) in [6.07, 6.45) is 1.68. The van der Waals surface area contributed by atoms with Crippen LogP contribution in [-0.2, 0) is 11.3 Å². The van der Waals surface area contributed by atoms with Crippen LogP contribution in [-0.4, -0.2) is 41.4 Å². The Kier molecular flexibility index (Phi) is 7.14. The predicted octanol–water partition coefficient (Wildman–Crippen LogP) is 1.63. The fraction of sp³-hybridized carbons (Fsp3) is 0.692. The SMILES string of the molecule is CCOCc1nc(NC)cc(NC(C)CCCO)n1. The summed E-state index contributed by atoms with van der Waals surface area (Å²) in [6.45, 7) is 5.28. The van der Waals surface area contributed by atoms with E-state index in [0.29, 0.717) is 19.0 Å². The zero-order chi connectivity index (χ0) is 14.1. The largest absolute Gasteiger partial charge is 0.396 e. The number of ether oxygens (including phenoxy) is 1. The van der Waals surface area contributed by atoms with Crippen LogP contribution in [0.4, 0.5) is 11.6 Å². The van der Waals surface area contributed by atoms with Crippen LogP contribution < -0.4 is 10.6 Å². The van der Waals surface area contributed by atoms with Crippen LogP contribution >= 0.6 is 0 Å². The Morgan fingerprint density at radius 2 is 2.11 bits per heavy atom. The first-order valence-electron chi connectivity index (χ1n) is 6.70. The maximum absolute atomic E-state index is 8.82. The van der Waals surface area contributed by atoms with Crippen molar-refractivity contribution in [3.63, 3.8) is 0 Å². The van der Waals surface area contributed by atoms with Crippen molar-refractivity contribution in [2.24, 2.45) is 0 Å². The summed E-state index contributed by atoms with van der Waals surface area (Å²) in [5, 5.41) is 15.1. The lowest BCUT2D eigenvalue weighted by Crippen LogP contribution is -2.17. The molecule has 1 rings (SSSR count). The molecule has 0 aliphatic rings. The number of aromatic nitrogens is 2. The Morgan fingerprint density at radius 3 is 2.74 bits per heavy atom. The number of nitrogens with zero attached hydrogens (tertiary/aromatic N) is 2. The van der Waals surface area contributed by atoms with Gasteiger partial charge in [-0.3, -0.25) is 0 Å². The van der Waals surface area contributed by atoms with Gasteiger partial charge in [0, 0.05) is 32.4 Å². The minimum absolute atomic E-state index is 0.215. The molecule has 1 aromatic heterocycles. The molecule has 0 amide bonds. The normalized spacial score (nSPS) is 12.2. The van der Waals surface area contributed by atoms with E-state index in [2.05, 4.69) is 27.5 Å². The summed E-state index contributed by atoms with van der Waals surface area (Å²) in [4.78, 5) is 8.75. The second-order valence-corrected chi connectivity index (χ2v) is 4.35. The molecule has 0 saturated carbocycles. The van der Waals surface area contributed by atoms with E-state index in [1.807, 2.05) is 20.0 Å². The molecule has 1 atom stereocenters. The summed E-state index contributed by atoms with van der Waals surface area (Å²) in [5.41, 5.74) is 0. The van der Waals surface area contributed by atoms with Crippen molar-refractivity contribution in [2.45, 2.75) is 39.3 Å². The maximum Gasteiger partial charge on any atom is 0.158 e. The van der Waals surface area contributed by atoms with Crippen molar-refractivity contribution < 1.29 is 9.84 Å². The highest BCUT2D eigenvalue weighted by atomic mass is 16.5. The van der Waals surface area contributed by atoms with Gasteiger partial charge in [-0.15, -0.1) is 0 Å². The lowest BCUT2D eigenvalue weighted by molar-refractivity contribution is 0.128. The number of anilines is 2. The summed E-state index contributed by atoms with van der Waals surface area (Å²) >= 11 is 0. The molecule has 6 heteroatoms. The molecule has 108 valence electrons. The fourth-order valence-electron chi connectivity index (χ4n) is 1.68. The molecular weight excluding hydrogens is 244 g/mol. The van der Waals surface area contributed by atoms with Crippen LogP contribution in [0.5, 0.6) is 0 Å². The number of hydrogen-bond donors (Lipinski definition) is 3. The van der Waals surface area contributed by atoms with E-state index in [1.54, 1.807) is 0 Å². The van der Waals surface area contributed by atoms with Gasteiger partial charge < -0.3 is 20.5 Å². The van der Waals surface area contributed by atoms with Gasteiger partial charge >= 0.3 is 0 Å². The smallest absolute Gasteiger partial charge is 0.158 e. The van der Waals surface area contributed by atoms with Gasteiger partial charge in [-0.1, -0.05) is 0 Å². The summed E-state index contributed by atoms with van der Waals surface area (Å²) in [6, 6.07) is 2.12. The minimum atomic E-state index is 0.215. The fourth-order valence-corrected chi connectivity index (χ4v) is 1.68. The quantitative estimate of drug-likeness (QED) is 0.631. The maximum atomic E-state index is 8.82. The molecule has 0 radical (unpaired) electrons.